The molecule has 0 fully saturated rings. The number of nitrogens with one attached hydrogen (secondary N) is 1. The monoisotopic (exact) mass is 168 g/mol. The van der Waals surface area contributed by atoms with Gasteiger partial charge >= 0.3 is 0 Å². The molecule has 0 aliphatic heterocycles. The highest BCUT2D eigenvalue weighted by Gasteiger charge is 1.98. The van der Waals surface area contributed by atoms with E-state index in [0.717, 1.165) is 0 Å². The van der Waals surface area contributed by atoms with Crippen LogP contribution in [0.2, 0.25) is 0 Å². The molecule has 0 aliphatic rings. The molecule has 0 bridgehead atoms. The number of nitrogens with zero attached hydrogens (tertiary/aromatic N) is 2. The molecular formula is C7H12N4O. The summed E-state index contributed by atoms with van der Waals surface area (Å²) < 4.78 is 0. The van der Waals surface area contributed by atoms with Gasteiger partial charge in [0.05, 0.1) is 19.0 Å². The summed E-state index contributed by atoms with van der Waals surface area (Å²) in [5, 5.41) is 11.6. The maximum atomic E-state index is 8.81. The molecule has 0 amide bonds. The van der Waals surface area contributed by atoms with Crippen LogP contribution in [-0.4, -0.2) is 21.7 Å². The van der Waals surface area contributed by atoms with Gasteiger partial charge in [-0.3, -0.25) is 0 Å². The van der Waals surface area contributed by atoms with Crippen molar-refractivity contribution in [2.24, 2.45) is 5.73 Å². The topological polar surface area (TPSA) is 84.1 Å². The van der Waals surface area contributed by atoms with E-state index in [2.05, 4.69) is 15.3 Å². The molecule has 0 aliphatic carbocycles. The van der Waals surface area contributed by atoms with Crippen LogP contribution in [0.1, 0.15) is 11.5 Å². The first-order valence-corrected chi connectivity index (χ1v) is 3.65. The second-order valence-electron chi connectivity index (χ2n) is 2.33. The van der Waals surface area contributed by atoms with Crippen molar-refractivity contribution < 1.29 is 5.11 Å². The van der Waals surface area contributed by atoms with Gasteiger partial charge in [-0.2, -0.15) is 0 Å². The summed E-state index contributed by atoms with van der Waals surface area (Å²) in [6, 6.07) is 1.67. The summed E-state index contributed by atoms with van der Waals surface area (Å²) in [4.78, 5) is 8.05. The van der Waals surface area contributed by atoms with Gasteiger partial charge in [0.15, 0.2) is 0 Å². The third-order valence-electron chi connectivity index (χ3n) is 1.34. The van der Waals surface area contributed by atoms with E-state index in [9.17, 15) is 0 Å². The van der Waals surface area contributed by atoms with Crippen LogP contribution in [0, 0.1) is 6.92 Å². The molecule has 66 valence electrons. The molecule has 0 atom stereocenters. The highest BCUT2D eigenvalue weighted by molar-refractivity contribution is 5.35. The fourth-order valence-electron chi connectivity index (χ4n) is 0.906. The van der Waals surface area contributed by atoms with Crippen LogP contribution in [0.5, 0.6) is 0 Å². The molecular weight excluding hydrogens is 156 g/mol. The van der Waals surface area contributed by atoms with Gasteiger partial charge in [0.25, 0.3) is 0 Å². The SMILES string of the molecule is Cc1nc(CO)cc(NCN)n1. The Balaban J connectivity index is 2.90. The van der Waals surface area contributed by atoms with Crippen LogP contribution in [-0.2, 0) is 6.61 Å². The molecule has 0 saturated heterocycles. The predicted molar refractivity (Wildman–Crippen MR) is 45.4 cm³/mol. The summed E-state index contributed by atoms with van der Waals surface area (Å²) in [6.07, 6.45) is 0. The Morgan fingerprint density at radius 2 is 2.33 bits per heavy atom. The Bertz CT molecular complexity index is 264. The van der Waals surface area contributed by atoms with Gasteiger partial charge < -0.3 is 16.2 Å². The van der Waals surface area contributed by atoms with Crippen LogP contribution in [0.4, 0.5) is 5.82 Å². The number of hydrogen-bond acceptors (Lipinski definition) is 5. The van der Waals surface area contributed by atoms with Gasteiger partial charge in [-0.05, 0) is 6.92 Å². The van der Waals surface area contributed by atoms with Crippen molar-refractivity contribution in [3.8, 4) is 0 Å². The van der Waals surface area contributed by atoms with Gasteiger partial charge in [0.2, 0.25) is 0 Å². The fraction of sp³-hybridized carbons (Fsp3) is 0.429. The van der Waals surface area contributed by atoms with Gasteiger partial charge in [0, 0.05) is 6.07 Å². The standard InChI is InChI=1S/C7H12N4O/c1-5-10-6(3-12)2-7(11-5)9-4-8/h2,12H,3-4,8H2,1H3,(H,9,10,11). The van der Waals surface area contributed by atoms with Crippen LogP contribution in [0.25, 0.3) is 0 Å². The maximum absolute atomic E-state index is 8.81. The zero-order chi connectivity index (χ0) is 8.97. The number of rotatable bonds is 3. The Morgan fingerprint density at radius 1 is 1.58 bits per heavy atom. The van der Waals surface area contributed by atoms with E-state index in [0.29, 0.717) is 24.0 Å². The Morgan fingerprint density at radius 3 is 2.92 bits per heavy atom. The van der Waals surface area contributed by atoms with Crippen molar-refractivity contribution >= 4 is 5.82 Å². The molecule has 0 saturated carbocycles. The molecule has 5 nitrogen and oxygen atoms in total. The lowest BCUT2D eigenvalue weighted by Gasteiger charge is -2.04. The van der Waals surface area contributed by atoms with Crippen molar-refractivity contribution in [1.29, 1.82) is 0 Å². The average molecular weight is 168 g/mol. The average Bonchev–Trinajstić information content (AvgIpc) is 2.04. The van der Waals surface area contributed by atoms with Crippen molar-refractivity contribution in [3.05, 3.63) is 17.6 Å². The third kappa shape index (κ3) is 2.14. The summed E-state index contributed by atoms with van der Waals surface area (Å²) in [7, 11) is 0. The Labute approximate surface area is 70.6 Å². The van der Waals surface area contributed by atoms with Gasteiger partial charge in [-0.25, -0.2) is 9.97 Å². The molecule has 1 rings (SSSR count). The lowest BCUT2D eigenvalue weighted by Crippen LogP contribution is -2.13. The molecule has 1 heterocycles. The highest BCUT2D eigenvalue weighted by atomic mass is 16.3. The summed E-state index contributed by atoms with van der Waals surface area (Å²) in [6.45, 7) is 2.00. The van der Waals surface area contributed by atoms with Crippen LogP contribution in [0.15, 0.2) is 6.07 Å². The maximum Gasteiger partial charge on any atom is 0.131 e. The molecule has 1 aromatic rings. The molecule has 0 unspecified atom stereocenters. The number of aryl methyl sites for hydroxylation is 1. The molecule has 0 radical (unpaired) electrons. The zero-order valence-corrected chi connectivity index (χ0v) is 6.91. The molecule has 12 heavy (non-hydrogen) atoms. The van der Waals surface area contributed by atoms with E-state index < -0.39 is 0 Å². The van der Waals surface area contributed by atoms with Gasteiger partial charge in [-0.1, -0.05) is 0 Å². The van der Waals surface area contributed by atoms with Gasteiger partial charge in [0.1, 0.15) is 11.6 Å². The largest absolute Gasteiger partial charge is 0.390 e. The number of aromatic nitrogens is 2. The summed E-state index contributed by atoms with van der Waals surface area (Å²) in [5.74, 6) is 1.27. The van der Waals surface area contributed by atoms with E-state index >= 15 is 0 Å². The second-order valence-corrected chi connectivity index (χ2v) is 2.33. The smallest absolute Gasteiger partial charge is 0.131 e. The van der Waals surface area contributed by atoms with Crippen molar-refractivity contribution in [2.45, 2.75) is 13.5 Å². The zero-order valence-electron chi connectivity index (χ0n) is 6.91. The lowest BCUT2D eigenvalue weighted by atomic mass is 10.4. The highest BCUT2D eigenvalue weighted by Crippen LogP contribution is 2.05. The molecule has 5 heteroatoms. The van der Waals surface area contributed by atoms with Crippen LogP contribution >= 0.6 is 0 Å². The minimum atomic E-state index is -0.0807. The number of aliphatic hydroxyl groups is 1. The number of aliphatic hydroxyl groups excluding tert-OH is 1. The van der Waals surface area contributed by atoms with E-state index in [1.807, 2.05) is 0 Å². The minimum Gasteiger partial charge on any atom is -0.390 e. The lowest BCUT2D eigenvalue weighted by molar-refractivity contribution is 0.276. The third-order valence-corrected chi connectivity index (χ3v) is 1.34. The van der Waals surface area contributed by atoms with E-state index in [1.165, 1.54) is 0 Å². The quantitative estimate of drug-likeness (QED) is 0.535. The van der Waals surface area contributed by atoms with Crippen molar-refractivity contribution in [1.82, 2.24) is 9.97 Å². The molecule has 4 N–H and O–H groups in total. The number of anilines is 1. The van der Waals surface area contributed by atoms with Crippen molar-refractivity contribution in [3.63, 3.8) is 0 Å². The first-order chi connectivity index (χ1) is 5.76. The number of nitrogens with two attached hydrogens (primary N) is 1. The normalized spacial score (nSPS) is 9.92. The minimum absolute atomic E-state index is 0.0807. The second kappa shape index (κ2) is 3.99. The predicted octanol–water partition coefficient (Wildman–Crippen LogP) is -0.395. The summed E-state index contributed by atoms with van der Waals surface area (Å²) in [5.41, 5.74) is 5.86. The van der Waals surface area contributed by atoms with Crippen molar-refractivity contribution in [2.75, 3.05) is 12.0 Å². The fourth-order valence-corrected chi connectivity index (χ4v) is 0.906. The molecule has 1 aromatic heterocycles. The molecule has 0 aromatic carbocycles. The summed E-state index contributed by atoms with van der Waals surface area (Å²) >= 11 is 0. The first kappa shape index (κ1) is 8.89. The van der Waals surface area contributed by atoms with Crippen LogP contribution in [0.3, 0.4) is 0 Å². The number of hydrogen-bond donors (Lipinski definition) is 3. The van der Waals surface area contributed by atoms with E-state index in [1.54, 1.807) is 13.0 Å². The molecule has 0 spiro atoms. The van der Waals surface area contributed by atoms with Gasteiger partial charge in [-0.15, -0.1) is 0 Å². The van der Waals surface area contributed by atoms with E-state index in [4.69, 9.17) is 10.8 Å². The van der Waals surface area contributed by atoms with Crippen LogP contribution < -0.4 is 11.1 Å². The Hall–Kier alpha value is -1.20. The first-order valence-electron chi connectivity index (χ1n) is 3.65. The Kier molecular flexibility index (Phi) is 2.95. The van der Waals surface area contributed by atoms with E-state index in [-0.39, 0.29) is 6.61 Å².